The van der Waals surface area contributed by atoms with Crippen LogP contribution in [0.3, 0.4) is 0 Å². The van der Waals surface area contributed by atoms with Gasteiger partial charge >= 0.3 is 5.97 Å². The van der Waals surface area contributed by atoms with E-state index in [1.165, 1.54) is 7.11 Å². The predicted molar refractivity (Wildman–Crippen MR) is 83.6 cm³/mol. The average molecular weight is 317 g/mol. The Balaban J connectivity index is 2.10. The molecule has 1 aromatic carbocycles. The van der Waals surface area contributed by atoms with Crippen LogP contribution in [0.2, 0.25) is 0 Å². The van der Waals surface area contributed by atoms with Crippen LogP contribution < -0.4 is 11.1 Å². The molecule has 1 aromatic heterocycles. The minimum atomic E-state index is -0.892. The molecule has 7 nitrogen and oxygen atoms in total. The number of rotatable bonds is 6. The molecule has 1 amide bonds. The summed E-state index contributed by atoms with van der Waals surface area (Å²) in [6.07, 6.45) is 2.34. The van der Waals surface area contributed by atoms with E-state index < -0.39 is 12.0 Å². The zero-order valence-corrected chi connectivity index (χ0v) is 13.0. The third-order valence-corrected chi connectivity index (χ3v) is 3.39. The lowest BCUT2D eigenvalue weighted by Gasteiger charge is -2.11. The fourth-order valence-corrected chi connectivity index (χ4v) is 2.12. The van der Waals surface area contributed by atoms with Crippen molar-refractivity contribution < 1.29 is 18.8 Å². The number of hydrogen-bond donors (Lipinski definition) is 2. The molecule has 7 heteroatoms. The quantitative estimate of drug-likeness (QED) is 0.773. The largest absolute Gasteiger partial charge is 0.468 e. The summed E-state index contributed by atoms with van der Waals surface area (Å²) in [5.41, 5.74) is 7.75. The van der Waals surface area contributed by atoms with Gasteiger partial charge in [-0.3, -0.25) is 9.59 Å². The molecule has 0 radical (unpaired) electrons. The molecule has 0 fully saturated rings. The van der Waals surface area contributed by atoms with Gasteiger partial charge in [0.1, 0.15) is 11.8 Å². The SMILES string of the molecule is CCc1oncc1-c1cccc(C(=O)NCC(N)C(=O)OC)c1. The van der Waals surface area contributed by atoms with E-state index in [9.17, 15) is 9.59 Å². The Morgan fingerprint density at radius 3 is 2.91 bits per heavy atom. The van der Waals surface area contributed by atoms with Crippen LogP contribution >= 0.6 is 0 Å². The Labute approximate surface area is 133 Å². The van der Waals surface area contributed by atoms with Gasteiger partial charge in [-0.2, -0.15) is 0 Å². The van der Waals surface area contributed by atoms with E-state index in [0.29, 0.717) is 12.0 Å². The van der Waals surface area contributed by atoms with Crippen LogP contribution in [0.4, 0.5) is 0 Å². The van der Waals surface area contributed by atoms with Crippen LogP contribution in [0.25, 0.3) is 11.1 Å². The van der Waals surface area contributed by atoms with Gasteiger partial charge in [-0.15, -0.1) is 0 Å². The average Bonchev–Trinajstić information content (AvgIpc) is 3.07. The number of methoxy groups -OCH3 is 1. The summed E-state index contributed by atoms with van der Waals surface area (Å²) in [7, 11) is 1.25. The molecule has 1 heterocycles. The third-order valence-electron chi connectivity index (χ3n) is 3.39. The smallest absolute Gasteiger partial charge is 0.324 e. The fourth-order valence-electron chi connectivity index (χ4n) is 2.12. The van der Waals surface area contributed by atoms with E-state index in [-0.39, 0.29) is 12.5 Å². The Hall–Kier alpha value is -2.67. The number of nitrogens with zero attached hydrogens (tertiary/aromatic N) is 1. The van der Waals surface area contributed by atoms with Crippen molar-refractivity contribution in [2.45, 2.75) is 19.4 Å². The molecule has 1 atom stereocenters. The minimum Gasteiger partial charge on any atom is -0.468 e. The molecular weight excluding hydrogens is 298 g/mol. The number of nitrogens with two attached hydrogens (primary N) is 1. The van der Waals surface area contributed by atoms with E-state index in [1.54, 1.807) is 24.4 Å². The number of esters is 1. The van der Waals surface area contributed by atoms with E-state index in [2.05, 4.69) is 15.2 Å². The Kier molecular flexibility index (Phi) is 5.48. The van der Waals surface area contributed by atoms with Crippen molar-refractivity contribution in [2.24, 2.45) is 5.73 Å². The number of benzene rings is 1. The normalized spacial score (nSPS) is 11.8. The summed E-state index contributed by atoms with van der Waals surface area (Å²) >= 11 is 0. The zero-order chi connectivity index (χ0) is 16.8. The molecule has 0 saturated heterocycles. The maximum absolute atomic E-state index is 12.2. The first-order valence-electron chi connectivity index (χ1n) is 7.22. The Morgan fingerprint density at radius 1 is 1.43 bits per heavy atom. The predicted octanol–water partition coefficient (Wildman–Crippen LogP) is 1.13. The van der Waals surface area contributed by atoms with Crippen molar-refractivity contribution in [1.82, 2.24) is 10.5 Å². The lowest BCUT2D eigenvalue weighted by molar-refractivity contribution is -0.141. The van der Waals surface area contributed by atoms with Gasteiger partial charge in [0, 0.05) is 24.1 Å². The standard InChI is InChI=1S/C16H19N3O4/c1-3-14-12(8-19-23-14)10-5-4-6-11(7-10)15(20)18-9-13(17)16(21)22-2/h4-8,13H,3,9,17H2,1-2H3,(H,18,20). The molecule has 3 N–H and O–H groups in total. The number of ether oxygens (including phenoxy) is 1. The summed E-state index contributed by atoms with van der Waals surface area (Å²) in [5.74, 6) is -0.132. The number of nitrogens with one attached hydrogen (secondary N) is 1. The maximum Gasteiger partial charge on any atom is 0.324 e. The molecule has 0 aliphatic carbocycles. The molecule has 0 aliphatic heterocycles. The highest BCUT2D eigenvalue weighted by molar-refractivity contribution is 5.95. The highest BCUT2D eigenvalue weighted by Crippen LogP contribution is 2.24. The third kappa shape index (κ3) is 3.95. The van der Waals surface area contributed by atoms with Crippen molar-refractivity contribution in [3.63, 3.8) is 0 Å². The van der Waals surface area contributed by atoms with Crippen LogP contribution in [0.15, 0.2) is 35.0 Å². The lowest BCUT2D eigenvalue weighted by Crippen LogP contribution is -2.43. The number of carbonyl (C=O) groups excluding carboxylic acids is 2. The number of hydrogen-bond acceptors (Lipinski definition) is 6. The number of amides is 1. The molecule has 0 bridgehead atoms. The summed E-state index contributed by atoms with van der Waals surface area (Å²) < 4.78 is 9.68. The van der Waals surface area contributed by atoms with Crippen molar-refractivity contribution >= 4 is 11.9 Å². The molecular formula is C16H19N3O4. The summed E-state index contributed by atoms with van der Waals surface area (Å²) in [5, 5.41) is 6.40. The number of aromatic nitrogens is 1. The molecule has 2 aromatic rings. The van der Waals surface area contributed by atoms with E-state index in [1.807, 2.05) is 13.0 Å². The second kappa shape index (κ2) is 7.55. The van der Waals surface area contributed by atoms with Gasteiger partial charge < -0.3 is 20.3 Å². The van der Waals surface area contributed by atoms with Crippen molar-refractivity contribution in [3.05, 3.63) is 41.8 Å². The van der Waals surface area contributed by atoms with Gasteiger partial charge in [0.2, 0.25) is 0 Å². The first kappa shape index (κ1) is 16.7. The Bertz CT molecular complexity index is 696. The first-order valence-corrected chi connectivity index (χ1v) is 7.22. The summed E-state index contributed by atoms with van der Waals surface area (Å²) in [4.78, 5) is 23.4. The lowest BCUT2D eigenvalue weighted by atomic mass is 10.0. The van der Waals surface area contributed by atoms with Crippen LogP contribution in [-0.4, -0.2) is 36.7 Å². The van der Waals surface area contributed by atoms with E-state index in [4.69, 9.17) is 10.3 Å². The molecule has 0 spiro atoms. The highest BCUT2D eigenvalue weighted by Gasteiger charge is 2.16. The van der Waals surface area contributed by atoms with Gasteiger partial charge in [-0.05, 0) is 17.7 Å². The molecule has 2 rings (SSSR count). The molecule has 122 valence electrons. The molecule has 23 heavy (non-hydrogen) atoms. The zero-order valence-electron chi connectivity index (χ0n) is 13.0. The summed E-state index contributed by atoms with van der Waals surface area (Å²) in [6.45, 7) is 1.97. The highest BCUT2D eigenvalue weighted by atomic mass is 16.5. The Morgan fingerprint density at radius 2 is 2.22 bits per heavy atom. The topological polar surface area (TPSA) is 107 Å². The van der Waals surface area contributed by atoms with Gasteiger partial charge in [-0.25, -0.2) is 0 Å². The van der Waals surface area contributed by atoms with Crippen LogP contribution in [0, 0.1) is 0 Å². The molecule has 1 unspecified atom stereocenters. The maximum atomic E-state index is 12.2. The fraction of sp³-hybridized carbons (Fsp3) is 0.312. The van der Waals surface area contributed by atoms with Gasteiger partial charge in [0.25, 0.3) is 5.91 Å². The first-order chi connectivity index (χ1) is 11.1. The monoisotopic (exact) mass is 317 g/mol. The number of carbonyl (C=O) groups is 2. The van der Waals surface area contributed by atoms with Gasteiger partial charge in [0.05, 0.1) is 13.3 Å². The van der Waals surface area contributed by atoms with Gasteiger partial charge in [0.15, 0.2) is 0 Å². The summed E-state index contributed by atoms with van der Waals surface area (Å²) in [6, 6.07) is 6.18. The second-order valence-electron chi connectivity index (χ2n) is 4.94. The molecule has 0 aliphatic rings. The minimum absolute atomic E-state index is 0.00318. The van der Waals surface area contributed by atoms with Crippen molar-refractivity contribution in [3.8, 4) is 11.1 Å². The molecule has 0 saturated carbocycles. The second-order valence-corrected chi connectivity index (χ2v) is 4.94. The number of aryl methyl sites for hydroxylation is 1. The van der Waals surface area contributed by atoms with Crippen molar-refractivity contribution in [2.75, 3.05) is 13.7 Å². The van der Waals surface area contributed by atoms with E-state index in [0.717, 1.165) is 16.9 Å². The van der Waals surface area contributed by atoms with Crippen LogP contribution in [-0.2, 0) is 16.0 Å². The van der Waals surface area contributed by atoms with E-state index >= 15 is 0 Å². The van der Waals surface area contributed by atoms with Crippen LogP contribution in [0.1, 0.15) is 23.0 Å². The van der Waals surface area contributed by atoms with Crippen LogP contribution in [0.5, 0.6) is 0 Å². The van der Waals surface area contributed by atoms with Gasteiger partial charge in [-0.1, -0.05) is 24.2 Å². The van der Waals surface area contributed by atoms with Crippen molar-refractivity contribution in [1.29, 1.82) is 0 Å².